The van der Waals surface area contributed by atoms with Gasteiger partial charge in [-0.3, -0.25) is 14.4 Å². The van der Waals surface area contributed by atoms with Gasteiger partial charge in [-0.05, 0) is 125 Å². The highest BCUT2D eigenvalue weighted by Gasteiger charge is 2.67. The topological polar surface area (TPSA) is 78.9 Å². The van der Waals surface area contributed by atoms with Crippen molar-refractivity contribution in [1.29, 1.82) is 0 Å². The molecule has 0 aromatic rings. The van der Waals surface area contributed by atoms with E-state index in [2.05, 4.69) is 0 Å². The second kappa shape index (κ2) is 8.04. The molecule has 8 bridgehead atoms. The minimum atomic E-state index is -0.682. The van der Waals surface area contributed by atoms with Crippen LogP contribution >= 0.6 is 0 Å². The Labute approximate surface area is 214 Å². The van der Waals surface area contributed by atoms with Crippen LogP contribution in [0.1, 0.15) is 85.0 Å². The molecule has 6 nitrogen and oxygen atoms in total. The summed E-state index contributed by atoms with van der Waals surface area (Å²) in [4.78, 5) is 38.9. The van der Waals surface area contributed by atoms with Gasteiger partial charge in [-0.25, -0.2) is 0 Å². The fourth-order valence-electron chi connectivity index (χ4n) is 10.6. The molecule has 0 aromatic carbocycles. The Hall–Kier alpha value is -1.43. The molecule has 8 aliphatic rings. The molecule has 10 unspecified atom stereocenters. The average Bonchev–Trinajstić information content (AvgIpc) is 3.61. The number of hydrogen-bond acceptors (Lipinski definition) is 6. The molecule has 8 rings (SSSR count). The summed E-state index contributed by atoms with van der Waals surface area (Å²) in [5.41, 5.74) is -1.11. The second-order valence-corrected chi connectivity index (χ2v) is 14.4. The molecule has 8 fully saturated rings. The summed E-state index contributed by atoms with van der Waals surface area (Å²) in [7, 11) is 0. The first-order valence-electron chi connectivity index (χ1n) is 14.7. The molecule has 0 heterocycles. The third-order valence-electron chi connectivity index (χ3n) is 12.3. The van der Waals surface area contributed by atoms with Gasteiger partial charge in [0, 0.05) is 5.92 Å². The summed E-state index contributed by atoms with van der Waals surface area (Å²) >= 11 is 0. The van der Waals surface area contributed by atoms with Crippen LogP contribution in [0.25, 0.3) is 0 Å². The zero-order valence-corrected chi connectivity index (χ0v) is 22.1. The van der Waals surface area contributed by atoms with E-state index in [1.165, 1.54) is 6.42 Å². The van der Waals surface area contributed by atoms with Crippen LogP contribution in [-0.4, -0.2) is 36.2 Å². The number of carbonyl (C=O) groups excluding carboxylic acids is 3. The molecule has 0 aromatic heterocycles. The zero-order chi connectivity index (χ0) is 25.0. The molecule has 0 radical (unpaired) electrons. The van der Waals surface area contributed by atoms with Gasteiger partial charge in [0.25, 0.3) is 0 Å². The lowest BCUT2D eigenvalue weighted by Gasteiger charge is -2.54. The number of rotatable bonds is 7. The maximum Gasteiger partial charge on any atom is 0.311 e. The van der Waals surface area contributed by atoms with Crippen molar-refractivity contribution >= 4 is 17.7 Å². The van der Waals surface area contributed by atoms with E-state index in [0.717, 1.165) is 57.8 Å². The fraction of sp³-hybridized carbons (Fsp3) is 0.900. The van der Waals surface area contributed by atoms with Crippen molar-refractivity contribution in [3.05, 3.63) is 0 Å². The molecule has 0 aliphatic heterocycles. The van der Waals surface area contributed by atoms with Crippen molar-refractivity contribution in [2.45, 2.75) is 96.7 Å². The average molecular weight is 499 g/mol. The normalized spacial score (nSPS) is 49.5. The SMILES string of the molecule is CCC(C)(C)C(=O)OC1CC2CC1C1C3CC(C(=O)OCOC45CC6CC(CC(C6)C4=O)C5)C(C3)C21. The van der Waals surface area contributed by atoms with Gasteiger partial charge in [-0.15, -0.1) is 0 Å². The van der Waals surface area contributed by atoms with Crippen LogP contribution in [0, 0.1) is 64.6 Å². The molecule has 6 heteroatoms. The largest absolute Gasteiger partial charge is 0.462 e. The van der Waals surface area contributed by atoms with Crippen LogP contribution in [0.2, 0.25) is 0 Å². The van der Waals surface area contributed by atoms with E-state index in [-0.39, 0.29) is 42.5 Å². The molecule has 8 saturated carbocycles. The first kappa shape index (κ1) is 23.7. The standard InChI is InChI=1S/C30H42O6/c1-4-29(2,3)28(33)36-23-11-18-10-22(23)25-17-8-20(24(18)25)21(9-17)27(32)34-14-35-30-12-15-5-16(13-30)7-19(6-15)26(30)31/h15-25H,4-14H2,1-3H3. The predicted octanol–water partition coefficient (Wildman–Crippen LogP) is 4.93. The monoisotopic (exact) mass is 498 g/mol. The molecule has 0 saturated heterocycles. The molecule has 0 spiro atoms. The summed E-state index contributed by atoms with van der Waals surface area (Å²) < 4.78 is 18.0. The summed E-state index contributed by atoms with van der Waals surface area (Å²) in [6.45, 7) is 5.92. The summed E-state index contributed by atoms with van der Waals surface area (Å²) in [6, 6.07) is 0. The van der Waals surface area contributed by atoms with Crippen molar-refractivity contribution < 1.29 is 28.6 Å². The smallest absolute Gasteiger partial charge is 0.311 e. The van der Waals surface area contributed by atoms with Gasteiger partial charge in [0.2, 0.25) is 0 Å². The zero-order valence-electron chi connectivity index (χ0n) is 22.1. The summed E-state index contributed by atoms with van der Waals surface area (Å²) in [5, 5.41) is 0. The highest BCUT2D eigenvalue weighted by atomic mass is 16.7. The van der Waals surface area contributed by atoms with Crippen molar-refractivity contribution in [3.63, 3.8) is 0 Å². The van der Waals surface area contributed by atoms with Crippen LogP contribution in [0.3, 0.4) is 0 Å². The fourth-order valence-corrected chi connectivity index (χ4v) is 10.6. The molecule has 198 valence electrons. The second-order valence-electron chi connectivity index (χ2n) is 14.4. The minimum Gasteiger partial charge on any atom is -0.462 e. The third-order valence-corrected chi connectivity index (χ3v) is 12.3. The number of hydrogen-bond donors (Lipinski definition) is 0. The Balaban J connectivity index is 0.953. The van der Waals surface area contributed by atoms with Crippen molar-refractivity contribution in [2.75, 3.05) is 6.79 Å². The predicted molar refractivity (Wildman–Crippen MR) is 130 cm³/mol. The highest BCUT2D eigenvalue weighted by Crippen LogP contribution is 2.69. The molecule has 36 heavy (non-hydrogen) atoms. The maximum atomic E-state index is 13.2. The van der Waals surface area contributed by atoms with Crippen molar-refractivity contribution in [2.24, 2.45) is 64.6 Å². The first-order valence-corrected chi connectivity index (χ1v) is 14.7. The molecule has 0 amide bonds. The summed E-state index contributed by atoms with van der Waals surface area (Å²) in [6.07, 6.45) is 9.89. The minimum absolute atomic E-state index is 0.0358. The van der Waals surface area contributed by atoms with E-state index in [1.807, 2.05) is 20.8 Å². The van der Waals surface area contributed by atoms with E-state index < -0.39 is 11.0 Å². The number of Topliss-reactive ketones (excluding diaryl/α,β-unsaturated/α-hetero) is 1. The third kappa shape index (κ3) is 3.34. The van der Waals surface area contributed by atoms with Gasteiger partial charge >= 0.3 is 11.9 Å². The molecule has 8 aliphatic carbocycles. The van der Waals surface area contributed by atoms with Gasteiger partial charge in [0.15, 0.2) is 12.6 Å². The maximum absolute atomic E-state index is 13.2. The number of ketones is 1. The quantitative estimate of drug-likeness (QED) is 0.281. The van der Waals surface area contributed by atoms with E-state index in [1.54, 1.807) is 0 Å². The Bertz CT molecular complexity index is 956. The van der Waals surface area contributed by atoms with E-state index in [9.17, 15) is 14.4 Å². The lowest BCUT2D eigenvalue weighted by atomic mass is 9.53. The van der Waals surface area contributed by atoms with Crippen LogP contribution in [0.5, 0.6) is 0 Å². The summed E-state index contributed by atoms with van der Waals surface area (Å²) in [5.74, 6) is 4.58. The number of fused-ring (bicyclic) bond motifs is 9. The highest BCUT2D eigenvalue weighted by molar-refractivity contribution is 5.91. The first-order chi connectivity index (χ1) is 17.2. The molecular formula is C30H42O6. The number of esters is 2. The van der Waals surface area contributed by atoms with Crippen LogP contribution in [0.15, 0.2) is 0 Å². The van der Waals surface area contributed by atoms with Gasteiger partial charge in [0.05, 0.1) is 11.3 Å². The van der Waals surface area contributed by atoms with E-state index in [0.29, 0.717) is 47.3 Å². The van der Waals surface area contributed by atoms with Crippen LogP contribution < -0.4 is 0 Å². The lowest BCUT2D eigenvalue weighted by Crippen LogP contribution is -2.59. The number of carbonyl (C=O) groups is 3. The van der Waals surface area contributed by atoms with E-state index in [4.69, 9.17) is 14.2 Å². The number of ether oxygens (including phenoxy) is 3. The molecule has 0 N–H and O–H groups in total. The Morgan fingerprint density at radius 3 is 2.31 bits per heavy atom. The lowest BCUT2D eigenvalue weighted by molar-refractivity contribution is -0.210. The Kier molecular flexibility index (Phi) is 5.28. The Morgan fingerprint density at radius 1 is 0.917 bits per heavy atom. The van der Waals surface area contributed by atoms with Gasteiger partial charge in [-0.1, -0.05) is 6.92 Å². The molecular weight excluding hydrogens is 456 g/mol. The van der Waals surface area contributed by atoms with Crippen LogP contribution in [-0.2, 0) is 28.6 Å². The Morgan fingerprint density at radius 2 is 1.58 bits per heavy atom. The van der Waals surface area contributed by atoms with Gasteiger partial charge in [-0.2, -0.15) is 0 Å². The van der Waals surface area contributed by atoms with Gasteiger partial charge in [0.1, 0.15) is 11.7 Å². The van der Waals surface area contributed by atoms with Crippen molar-refractivity contribution in [1.82, 2.24) is 0 Å². The van der Waals surface area contributed by atoms with Crippen molar-refractivity contribution in [3.8, 4) is 0 Å². The van der Waals surface area contributed by atoms with Gasteiger partial charge < -0.3 is 14.2 Å². The van der Waals surface area contributed by atoms with Crippen LogP contribution in [0.4, 0.5) is 0 Å². The van der Waals surface area contributed by atoms with E-state index >= 15 is 0 Å². The molecule has 10 atom stereocenters.